The second-order valence-corrected chi connectivity index (χ2v) is 5.15. The van der Waals surface area contributed by atoms with Crippen LogP contribution < -0.4 is 5.32 Å². The molecule has 1 fully saturated rings. The second-order valence-electron chi connectivity index (χ2n) is 5.15. The number of amides is 1. The Hall–Kier alpha value is -2.21. The molecule has 2 unspecified atom stereocenters. The highest BCUT2D eigenvalue weighted by molar-refractivity contribution is 5.92. The second kappa shape index (κ2) is 6.05. The Labute approximate surface area is 121 Å². The first-order chi connectivity index (χ1) is 9.93. The molecule has 1 amide bonds. The van der Waals surface area contributed by atoms with Crippen LogP contribution in [0, 0.1) is 11.2 Å². The molecule has 0 aromatic heterocycles. The average molecular weight is 293 g/mol. The monoisotopic (exact) mass is 293 g/mol. The first kappa shape index (κ1) is 15.2. The van der Waals surface area contributed by atoms with Crippen LogP contribution in [0.3, 0.4) is 0 Å². The number of aliphatic carboxylic acids is 1. The average Bonchev–Trinajstić information content (AvgIpc) is 2.81. The molecule has 0 bridgehead atoms. The van der Waals surface area contributed by atoms with E-state index in [1.54, 1.807) is 18.2 Å². The number of benzene rings is 1. The van der Waals surface area contributed by atoms with Crippen molar-refractivity contribution in [2.24, 2.45) is 5.41 Å². The first-order valence-electron chi connectivity index (χ1n) is 6.48. The number of carbonyl (C=O) groups is 2. The van der Waals surface area contributed by atoms with Gasteiger partial charge in [0.05, 0.1) is 19.3 Å². The zero-order chi connectivity index (χ0) is 15.5. The van der Waals surface area contributed by atoms with Gasteiger partial charge in [0.2, 0.25) is 5.91 Å². The van der Waals surface area contributed by atoms with Crippen molar-refractivity contribution in [3.63, 3.8) is 0 Å². The number of halogens is 1. The number of hydrogen-bond donors (Lipinski definition) is 2. The molecule has 21 heavy (non-hydrogen) atoms. The molecular formula is C15H16FNO4. The van der Waals surface area contributed by atoms with Crippen molar-refractivity contribution in [2.45, 2.75) is 13.0 Å². The van der Waals surface area contributed by atoms with Crippen LogP contribution in [-0.4, -0.2) is 36.2 Å². The minimum Gasteiger partial charge on any atom is -0.481 e. The quantitative estimate of drug-likeness (QED) is 0.824. The number of rotatable bonds is 4. The van der Waals surface area contributed by atoms with E-state index in [9.17, 15) is 19.1 Å². The van der Waals surface area contributed by atoms with E-state index in [-0.39, 0.29) is 18.8 Å². The van der Waals surface area contributed by atoms with Crippen molar-refractivity contribution in [2.75, 3.05) is 13.2 Å². The van der Waals surface area contributed by atoms with Crippen molar-refractivity contribution in [3.8, 4) is 0 Å². The molecule has 0 spiro atoms. The Morgan fingerprint density at radius 3 is 2.86 bits per heavy atom. The predicted molar refractivity (Wildman–Crippen MR) is 73.9 cm³/mol. The molecule has 1 aliphatic rings. The summed E-state index contributed by atoms with van der Waals surface area (Å²) in [5.74, 6) is -1.94. The van der Waals surface area contributed by atoms with Gasteiger partial charge in [-0.05, 0) is 19.1 Å². The largest absolute Gasteiger partial charge is 0.481 e. The molecule has 0 radical (unpaired) electrons. The third-order valence-corrected chi connectivity index (χ3v) is 3.58. The maximum atomic E-state index is 13.4. The lowest BCUT2D eigenvalue weighted by atomic mass is 9.85. The highest BCUT2D eigenvalue weighted by atomic mass is 19.1. The highest BCUT2D eigenvalue weighted by Crippen LogP contribution is 2.28. The Kier molecular flexibility index (Phi) is 4.37. The van der Waals surface area contributed by atoms with E-state index in [1.165, 1.54) is 25.1 Å². The molecule has 2 rings (SSSR count). The Morgan fingerprint density at radius 1 is 1.48 bits per heavy atom. The van der Waals surface area contributed by atoms with Gasteiger partial charge in [-0.15, -0.1) is 0 Å². The zero-order valence-electron chi connectivity index (χ0n) is 11.5. The summed E-state index contributed by atoms with van der Waals surface area (Å²) in [7, 11) is 0. The van der Waals surface area contributed by atoms with Gasteiger partial charge in [-0.2, -0.15) is 0 Å². The lowest BCUT2D eigenvalue weighted by Crippen LogP contribution is -2.49. The fourth-order valence-electron chi connectivity index (χ4n) is 2.08. The topological polar surface area (TPSA) is 75.6 Å². The van der Waals surface area contributed by atoms with E-state index in [1.807, 2.05) is 0 Å². The summed E-state index contributed by atoms with van der Waals surface area (Å²) in [5.41, 5.74) is -0.863. The van der Waals surface area contributed by atoms with Crippen molar-refractivity contribution < 1.29 is 23.8 Å². The molecule has 1 aliphatic heterocycles. The minimum atomic E-state index is -1.15. The van der Waals surface area contributed by atoms with Crippen molar-refractivity contribution in [3.05, 3.63) is 41.7 Å². The summed E-state index contributed by atoms with van der Waals surface area (Å²) in [5, 5.41) is 11.8. The Morgan fingerprint density at radius 2 is 2.19 bits per heavy atom. The van der Waals surface area contributed by atoms with Crippen LogP contribution in [0.5, 0.6) is 0 Å². The van der Waals surface area contributed by atoms with Gasteiger partial charge in [-0.1, -0.05) is 18.2 Å². The molecule has 1 aromatic rings. The molecule has 2 atom stereocenters. The molecule has 5 nitrogen and oxygen atoms in total. The maximum Gasteiger partial charge on any atom is 0.313 e. The summed E-state index contributed by atoms with van der Waals surface area (Å²) in [6.07, 6.45) is 2.53. The van der Waals surface area contributed by atoms with Gasteiger partial charge in [-0.3, -0.25) is 9.59 Å². The van der Waals surface area contributed by atoms with Gasteiger partial charge in [-0.25, -0.2) is 4.39 Å². The number of carboxylic acids is 1. The van der Waals surface area contributed by atoms with Crippen molar-refractivity contribution in [1.82, 2.24) is 5.32 Å². The van der Waals surface area contributed by atoms with Gasteiger partial charge in [0, 0.05) is 11.6 Å². The smallest absolute Gasteiger partial charge is 0.313 e. The molecule has 6 heteroatoms. The number of hydrogen-bond acceptors (Lipinski definition) is 3. The van der Waals surface area contributed by atoms with Gasteiger partial charge < -0.3 is 15.2 Å². The van der Waals surface area contributed by atoms with E-state index in [2.05, 4.69) is 5.32 Å². The van der Waals surface area contributed by atoms with E-state index in [0.29, 0.717) is 0 Å². The van der Waals surface area contributed by atoms with Crippen LogP contribution in [0.1, 0.15) is 12.5 Å². The molecule has 2 N–H and O–H groups in total. The number of ether oxygens (including phenoxy) is 1. The molecule has 112 valence electrons. The molecular weight excluding hydrogens is 277 g/mol. The van der Waals surface area contributed by atoms with E-state index in [0.717, 1.165) is 0 Å². The minimum absolute atomic E-state index is 0.0459. The zero-order valence-corrected chi connectivity index (χ0v) is 11.5. The SMILES string of the molecule is CC1(C(=O)O)COCC1NC(=O)C=Cc1ccccc1F. The lowest BCUT2D eigenvalue weighted by Gasteiger charge is -2.24. The summed E-state index contributed by atoms with van der Waals surface area (Å²) >= 11 is 0. The number of nitrogens with one attached hydrogen (secondary N) is 1. The molecule has 1 aromatic carbocycles. The highest BCUT2D eigenvalue weighted by Gasteiger charge is 2.47. The van der Waals surface area contributed by atoms with E-state index >= 15 is 0 Å². The predicted octanol–water partition coefficient (Wildman–Crippen LogP) is 1.44. The van der Waals surface area contributed by atoms with Crippen molar-refractivity contribution in [1.29, 1.82) is 0 Å². The van der Waals surface area contributed by atoms with Crippen LogP contribution in [0.2, 0.25) is 0 Å². The van der Waals surface area contributed by atoms with Crippen LogP contribution in [0.4, 0.5) is 4.39 Å². The van der Waals surface area contributed by atoms with Gasteiger partial charge in [0.25, 0.3) is 0 Å². The van der Waals surface area contributed by atoms with Gasteiger partial charge >= 0.3 is 5.97 Å². The van der Waals surface area contributed by atoms with Gasteiger partial charge in [0.1, 0.15) is 11.2 Å². The Bertz CT molecular complexity index is 587. The number of carboxylic acid groups (broad SMARTS) is 1. The Balaban J connectivity index is 2.02. The summed E-state index contributed by atoms with van der Waals surface area (Å²) in [4.78, 5) is 23.1. The third kappa shape index (κ3) is 3.28. The summed E-state index contributed by atoms with van der Waals surface area (Å²) in [6, 6.07) is 5.43. The van der Waals surface area contributed by atoms with E-state index in [4.69, 9.17) is 4.74 Å². The van der Waals surface area contributed by atoms with Crippen LogP contribution in [0.25, 0.3) is 6.08 Å². The van der Waals surface area contributed by atoms with Crippen LogP contribution >= 0.6 is 0 Å². The summed E-state index contributed by atoms with van der Waals surface area (Å²) < 4.78 is 18.5. The van der Waals surface area contributed by atoms with Gasteiger partial charge in [0.15, 0.2) is 0 Å². The summed E-state index contributed by atoms with van der Waals surface area (Å²) in [6.45, 7) is 1.71. The normalized spacial score (nSPS) is 25.1. The molecule has 0 aliphatic carbocycles. The number of carbonyl (C=O) groups excluding carboxylic acids is 1. The standard InChI is InChI=1S/C15H16FNO4/c1-15(14(19)20)9-21-8-12(15)17-13(18)7-6-10-4-2-3-5-11(10)16/h2-7,12H,8-9H2,1H3,(H,17,18)(H,19,20). The van der Waals surface area contributed by atoms with Crippen LogP contribution in [-0.2, 0) is 14.3 Å². The lowest BCUT2D eigenvalue weighted by molar-refractivity contribution is -0.148. The third-order valence-electron chi connectivity index (χ3n) is 3.58. The molecule has 0 saturated carbocycles. The fourth-order valence-corrected chi connectivity index (χ4v) is 2.08. The molecule has 1 heterocycles. The van der Waals surface area contributed by atoms with Crippen LogP contribution in [0.15, 0.2) is 30.3 Å². The van der Waals surface area contributed by atoms with E-state index < -0.39 is 29.2 Å². The fraction of sp³-hybridized carbons (Fsp3) is 0.333. The van der Waals surface area contributed by atoms with Crippen molar-refractivity contribution >= 4 is 18.0 Å². The molecule has 1 saturated heterocycles. The first-order valence-corrected chi connectivity index (χ1v) is 6.48. The maximum absolute atomic E-state index is 13.4.